The van der Waals surface area contributed by atoms with Crippen LogP contribution in [0.4, 0.5) is 17.2 Å². The van der Waals surface area contributed by atoms with Crippen molar-refractivity contribution in [2.75, 3.05) is 17.7 Å². The van der Waals surface area contributed by atoms with Crippen molar-refractivity contribution in [2.24, 2.45) is 0 Å². The fourth-order valence-corrected chi connectivity index (χ4v) is 2.52. The van der Waals surface area contributed by atoms with E-state index >= 15 is 0 Å². The molecule has 2 N–H and O–H groups in total. The first-order valence-corrected chi connectivity index (χ1v) is 8.35. The van der Waals surface area contributed by atoms with Gasteiger partial charge in [-0.1, -0.05) is 11.6 Å². The van der Waals surface area contributed by atoms with E-state index in [4.69, 9.17) is 21.6 Å². The van der Waals surface area contributed by atoms with Crippen molar-refractivity contribution in [1.82, 2.24) is 4.98 Å². The molecule has 0 saturated carbocycles. The number of benzene rings is 2. The smallest absolute Gasteiger partial charge is 0.257 e. The number of nitrogens with zero attached hydrogens (tertiary/aromatic N) is 2. The maximum Gasteiger partial charge on any atom is 0.257 e. The van der Waals surface area contributed by atoms with Gasteiger partial charge in [0.2, 0.25) is 0 Å². The summed E-state index contributed by atoms with van der Waals surface area (Å²) in [6.45, 7) is 0. The fraction of sp³-hybridized carbons (Fsp3) is 0.0500. The Bertz CT molecular complexity index is 996. The number of anilines is 3. The number of amides is 1. The molecule has 0 unspecified atom stereocenters. The predicted molar refractivity (Wildman–Crippen MR) is 105 cm³/mol. The number of carbonyl (C=O) groups excluding carboxylic acids is 1. The van der Waals surface area contributed by atoms with Gasteiger partial charge in [-0.15, -0.1) is 0 Å². The monoisotopic (exact) mass is 378 g/mol. The van der Waals surface area contributed by atoms with Crippen LogP contribution < -0.4 is 15.4 Å². The number of rotatable bonds is 5. The fourth-order valence-electron chi connectivity index (χ4n) is 2.35. The van der Waals surface area contributed by atoms with Gasteiger partial charge in [-0.3, -0.25) is 4.79 Å². The Morgan fingerprint density at radius 1 is 1.15 bits per heavy atom. The van der Waals surface area contributed by atoms with E-state index in [1.54, 1.807) is 61.7 Å². The standard InChI is InChI=1S/C20H15ClN4O2/c1-27-18-8-5-15(21)10-17(18)25-19-9-4-14(12-23-19)20(26)24-16-6-2-13(11-22)3-7-16/h2-10,12H,1H3,(H,23,25)(H,24,26). The van der Waals surface area contributed by atoms with Crippen LogP contribution in [-0.2, 0) is 0 Å². The molecular formula is C20H15ClN4O2. The van der Waals surface area contributed by atoms with E-state index in [0.717, 1.165) is 0 Å². The van der Waals surface area contributed by atoms with E-state index in [2.05, 4.69) is 15.6 Å². The molecule has 0 fully saturated rings. The molecule has 0 aliphatic carbocycles. The predicted octanol–water partition coefficient (Wildman–Crippen LogP) is 4.61. The minimum atomic E-state index is -0.293. The second-order valence-electron chi connectivity index (χ2n) is 5.54. The van der Waals surface area contributed by atoms with Crippen LogP contribution in [0, 0.1) is 11.3 Å². The molecule has 0 radical (unpaired) electrons. The van der Waals surface area contributed by atoms with Crippen LogP contribution >= 0.6 is 11.6 Å². The summed E-state index contributed by atoms with van der Waals surface area (Å²) >= 11 is 6.02. The number of hydrogen-bond donors (Lipinski definition) is 2. The summed E-state index contributed by atoms with van der Waals surface area (Å²) in [6, 6.07) is 17.2. The van der Waals surface area contributed by atoms with Crippen molar-refractivity contribution >= 4 is 34.7 Å². The lowest BCUT2D eigenvalue weighted by molar-refractivity contribution is 0.102. The number of aromatic nitrogens is 1. The van der Waals surface area contributed by atoms with Crippen LogP contribution in [0.15, 0.2) is 60.8 Å². The molecule has 1 amide bonds. The Kier molecular flexibility index (Phi) is 5.55. The third-order valence-corrected chi connectivity index (χ3v) is 3.96. The van der Waals surface area contributed by atoms with Gasteiger partial charge in [0.25, 0.3) is 5.91 Å². The number of pyridine rings is 1. The molecule has 0 aliphatic rings. The van der Waals surface area contributed by atoms with E-state index in [1.165, 1.54) is 6.20 Å². The molecule has 7 heteroatoms. The molecule has 27 heavy (non-hydrogen) atoms. The molecule has 0 atom stereocenters. The van der Waals surface area contributed by atoms with Gasteiger partial charge in [0.1, 0.15) is 11.6 Å². The molecule has 2 aromatic carbocycles. The van der Waals surface area contributed by atoms with Gasteiger partial charge in [-0.2, -0.15) is 5.26 Å². The number of nitriles is 1. The molecule has 0 saturated heterocycles. The van der Waals surface area contributed by atoms with Crippen molar-refractivity contribution in [3.8, 4) is 11.8 Å². The van der Waals surface area contributed by atoms with Gasteiger partial charge >= 0.3 is 0 Å². The van der Waals surface area contributed by atoms with E-state index in [1.807, 2.05) is 6.07 Å². The molecule has 1 aromatic heterocycles. The second-order valence-corrected chi connectivity index (χ2v) is 5.98. The number of hydrogen-bond acceptors (Lipinski definition) is 5. The van der Waals surface area contributed by atoms with Crippen LogP contribution in [0.25, 0.3) is 0 Å². The van der Waals surface area contributed by atoms with Crippen molar-refractivity contribution in [3.63, 3.8) is 0 Å². The van der Waals surface area contributed by atoms with Gasteiger partial charge in [-0.05, 0) is 54.6 Å². The molecule has 0 aliphatic heterocycles. The van der Waals surface area contributed by atoms with E-state index in [-0.39, 0.29) is 5.91 Å². The third kappa shape index (κ3) is 4.54. The van der Waals surface area contributed by atoms with Gasteiger partial charge in [0.05, 0.1) is 30.0 Å². The number of carbonyl (C=O) groups is 1. The number of nitrogens with one attached hydrogen (secondary N) is 2. The highest BCUT2D eigenvalue weighted by Gasteiger charge is 2.09. The number of methoxy groups -OCH3 is 1. The highest BCUT2D eigenvalue weighted by molar-refractivity contribution is 6.31. The zero-order valence-electron chi connectivity index (χ0n) is 14.4. The Morgan fingerprint density at radius 2 is 1.93 bits per heavy atom. The van der Waals surface area contributed by atoms with Crippen LogP contribution in [0.5, 0.6) is 5.75 Å². The summed E-state index contributed by atoms with van der Waals surface area (Å²) < 4.78 is 5.28. The Labute approximate surface area is 161 Å². The zero-order chi connectivity index (χ0) is 19.2. The van der Waals surface area contributed by atoms with Crippen molar-refractivity contribution < 1.29 is 9.53 Å². The van der Waals surface area contributed by atoms with E-state index in [9.17, 15) is 4.79 Å². The van der Waals surface area contributed by atoms with Gasteiger partial charge < -0.3 is 15.4 Å². The summed E-state index contributed by atoms with van der Waals surface area (Å²) in [5.74, 6) is 0.883. The summed E-state index contributed by atoms with van der Waals surface area (Å²) in [4.78, 5) is 16.6. The molecule has 0 bridgehead atoms. The Balaban J connectivity index is 1.70. The quantitative estimate of drug-likeness (QED) is 0.676. The first kappa shape index (κ1) is 18.2. The molecule has 134 valence electrons. The van der Waals surface area contributed by atoms with Crippen LogP contribution in [0.1, 0.15) is 15.9 Å². The highest BCUT2D eigenvalue weighted by atomic mass is 35.5. The van der Waals surface area contributed by atoms with Crippen LogP contribution in [0.3, 0.4) is 0 Å². The minimum absolute atomic E-state index is 0.293. The summed E-state index contributed by atoms with van der Waals surface area (Å²) in [5.41, 5.74) is 2.21. The second kappa shape index (κ2) is 8.21. The lowest BCUT2D eigenvalue weighted by Crippen LogP contribution is -2.12. The van der Waals surface area contributed by atoms with Crippen molar-refractivity contribution in [1.29, 1.82) is 5.26 Å². The third-order valence-electron chi connectivity index (χ3n) is 3.72. The van der Waals surface area contributed by atoms with Crippen molar-refractivity contribution in [2.45, 2.75) is 0 Å². The molecule has 3 rings (SSSR count). The lowest BCUT2D eigenvalue weighted by atomic mass is 10.2. The normalized spacial score (nSPS) is 9.96. The molecule has 1 heterocycles. The first-order valence-electron chi connectivity index (χ1n) is 7.97. The number of ether oxygens (including phenoxy) is 1. The average Bonchev–Trinajstić information content (AvgIpc) is 2.69. The van der Waals surface area contributed by atoms with Crippen LogP contribution in [-0.4, -0.2) is 18.0 Å². The minimum Gasteiger partial charge on any atom is -0.495 e. The number of halogens is 1. The van der Waals surface area contributed by atoms with Gasteiger partial charge in [0.15, 0.2) is 0 Å². The summed E-state index contributed by atoms with van der Waals surface area (Å²) in [7, 11) is 1.57. The lowest BCUT2D eigenvalue weighted by Gasteiger charge is -2.11. The molecule has 6 nitrogen and oxygen atoms in total. The topological polar surface area (TPSA) is 87.0 Å². The Morgan fingerprint density at radius 3 is 2.56 bits per heavy atom. The maximum absolute atomic E-state index is 12.3. The Hall–Kier alpha value is -3.56. The SMILES string of the molecule is COc1ccc(Cl)cc1Nc1ccc(C(=O)Nc2ccc(C#N)cc2)cn1. The van der Waals surface area contributed by atoms with Crippen molar-refractivity contribution in [3.05, 3.63) is 76.9 Å². The largest absolute Gasteiger partial charge is 0.495 e. The molecule has 0 spiro atoms. The molecule has 3 aromatic rings. The first-order chi connectivity index (χ1) is 13.1. The van der Waals surface area contributed by atoms with E-state index < -0.39 is 0 Å². The van der Waals surface area contributed by atoms with Gasteiger partial charge in [-0.25, -0.2) is 4.98 Å². The summed E-state index contributed by atoms with van der Waals surface area (Å²) in [6.07, 6.45) is 1.47. The van der Waals surface area contributed by atoms with E-state index in [0.29, 0.717) is 39.1 Å². The maximum atomic E-state index is 12.3. The average molecular weight is 379 g/mol. The zero-order valence-corrected chi connectivity index (χ0v) is 15.1. The molecular weight excluding hydrogens is 364 g/mol. The van der Waals surface area contributed by atoms with Gasteiger partial charge in [0, 0.05) is 16.9 Å². The highest BCUT2D eigenvalue weighted by Crippen LogP contribution is 2.29. The van der Waals surface area contributed by atoms with Crippen LogP contribution in [0.2, 0.25) is 5.02 Å². The summed E-state index contributed by atoms with van der Waals surface area (Å²) in [5, 5.41) is 15.2.